The Morgan fingerprint density at radius 1 is 1.03 bits per heavy atom. The molecule has 7 nitrogen and oxygen atoms in total. The van der Waals surface area contributed by atoms with Crippen molar-refractivity contribution >= 4 is 52.2 Å². The van der Waals surface area contributed by atoms with E-state index in [1.807, 2.05) is 32.0 Å². The summed E-state index contributed by atoms with van der Waals surface area (Å²) in [5.74, 6) is 0.315. The van der Waals surface area contributed by atoms with Crippen LogP contribution < -0.4 is 14.8 Å². The largest absolute Gasteiger partial charge is 0.492 e. The van der Waals surface area contributed by atoms with Crippen LogP contribution in [0, 0.1) is 13.8 Å². The minimum absolute atomic E-state index is 0.112. The molecule has 3 aromatic rings. The van der Waals surface area contributed by atoms with Crippen LogP contribution in [0.5, 0.6) is 11.5 Å². The summed E-state index contributed by atoms with van der Waals surface area (Å²) in [5.41, 5.74) is 3.38. The third-order valence-corrected chi connectivity index (χ3v) is 6.65. The summed E-state index contributed by atoms with van der Waals surface area (Å²) in [6.07, 6.45) is 1.60. The van der Waals surface area contributed by atoms with E-state index in [1.165, 1.54) is 0 Å². The number of aryl methyl sites for hydroxylation is 2. The number of rotatable bonds is 9. The summed E-state index contributed by atoms with van der Waals surface area (Å²) in [5, 5.41) is 3.07. The van der Waals surface area contributed by atoms with E-state index in [2.05, 4.69) is 5.32 Å². The van der Waals surface area contributed by atoms with Gasteiger partial charge in [0, 0.05) is 16.3 Å². The second kappa shape index (κ2) is 12.0. The highest BCUT2D eigenvalue weighted by Gasteiger charge is 2.35. The molecule has 3 aromatic carbocycles. The number of imide groups is 1. The van der Waals surface area contributed by atoms with Gasteiger partial charge in [0.1, 0.15) is 18.1 Å². The summed E-state index contributed by atoms with van der Waals surface area (Å²) in [4.78, 5) is 39.2. The smallest absolute Gasteiger partial charge is 0.293 e. The molecule has 1 aliphatic heterocycles. The van der Waals surface area contributed by atoms with Gasteiger partial charge in [-0.2, -0.15) is 0 Å². The summed E-state index contributed by atoms with van der Waals surface area (Å²) in [6, 6.07) is 19.6. The van der Waals surface area contributed by atoms with E-state index in [1.54, 1.807) is 54.6 Å². The highest BCUT2D eigenvalue weighted by Crippen LogP contribution is 2.34. The van der Waals surface area contributed by atoms with Gasteiger partial charge < -0.3 is 14.8 Å². The van der Waals surface area contributed by atoms with Gasteiger partial charge in [-0.15, -0.1) is 0 Å². The van der Waals surface area contributed by atoms with Crippen LogP contribution in [-0.4, -0.2) is 41.7 Å². The first-order valence-corrected chi connectivity index (χ1v) is 12.7. The molecule has 1 fully saturated rings. The minimum atomic E-state index is -0.405. The molecule has 0 aromatic heterocycles. The maximum Gasteiger partial charge on any atom is 0.293 e. The van der Waals surface area contributed by atoms with E-state index < -0.39 is 5.91 Å². The number of benzene rings is 3. The first-order valence-electron chi connectivity index (χ1n) is 11.5. The Kier molecular flexibility index (Phi) is 8.53. The lowest BCUT2D eigenvalue weighted by molar-refractivity contribution is -0.123. The molecule has 0 aliphatic carbocycles. The molecule has 0 saturated carbocycles. The highest BCUT2D eigenvalue weighted by atomic mass is 35.5. The van der Waals surface area contributed by atoms with E-state index in [4.69, 9.17) is 21.1 Å². The number of carbonyl (C=O) groups excluding carboxylic acids is 3. The molecule has 1 N–H and O–H groups in total. The van der Waals surface area contributed by atoms with Crippen LogP contribution >= 0.6 is 23.4 Å². The second-order valence-electron chi connectivity index (χ2n) is 8.33. The zero-order chi connectivity index (χ0) is 26.4. The number of hydrogen-bond acceptors (Lipinski definition) is 6. The first kappa shape index (κ1) is 26.3. The molecule has 0 unspecified atom stereocenters. The Balaban J connectivity index is 1.37. The van der Waals surface area contributed by atoms with Gasteiger partial charge in [0.2, 0.25) is 0 Å². The summed E-state index contributed by atoms with van der Waals surface area (Å²) in [6.45, 7) is 3.98. The number of nitrogens with one attached hydrogen (secondary N) is 1. The van der Waals surface area contributed by atoms with Gasteiger partial charge in [0.05, 0.1) is 11.4 Å². The van der Waals surface area contributed by atoms with Crippen molar-refractivity contribution in [3.8, 4) is 11.5 Å². The summed E-state index contributed by atoms with van der Waals surface area (Å²) >= 11 is 6.72. The van der Waals surface area contributed by atoms with Gasteiger partial charge in [0.15, 0.2) is 6.61 Å². The van der Waals surface area contributed by atoms with Crippen LogP contribution in [0.4, 0.5) is 10.5 Å². The molecular formula is C28H25ClN2O5S. The predicted molar refractivity (Wildman–Crippen MR) is 146 cm³/mol. The van der Waals surface area contributed by atoms with Crippen molar-refractivity contribution < 1.29 is 23.9 Å². The standard InChI is InChI=1S/C28H25ClN2O5S/c1-18-7-12-23(19(2)15-18)30-26(32)17-36-24-6-4-3-5-20(24)16-25-27(33)31(28(34)37-25)13-14-35-22-10-8-21(29)9-11-22/h3-12,15-16H,13-14,17H2,1-2H3,(H,30,32)/b25-16-. The van der Waals surface area contributed by atoms with Crippen LogP contribution in [-0.2, 0) is 9.59 Å². The number of nitrogens with zero attached hydrogens (tertiary/aromatic N) is 1. The monoisotopic (exact) mass is 536 g/mol. The maximum absolute atomic E-state index is 12.9. The SMILES string of the molecule is Cc1ccc(NC(=O)COc2ccccc2/C=C2\SC(=O)N(CCOc3ccc(Cl)cc3)C2=O)c(C)c1. The molecule has 0 radical (unpaired) electrons. The number of thioether (sulfide) groups is 1. The molecule has 4 rings (SSSR count). The van der Waals surface area contributed by atoms with Gasteiger partial charge in [-0.1, -0.05) is 47.5 Å². The van der Waals surface area contributed by atoms with Crippen molar-refractivity contribution in [1.29, 1.82) is 0 Å². The molecule has 0 atom stereocenters. The van der Waals surface area contributed by atoms with Gasteiger partial charge in [-0.05, 0) is 73.6 Å². The van der Waals surface area contributed by atoms with Gasteiger partial charge in [0.25, 0.3) is 17.1 Å². The number of amides is 3. The lowest BCUT2D eigenvalue weighted by Gasteiger charge is -2.13. The molecule has 0 spiro atoms. The molecule has 1 heterocycles. The number of carbonyl (C=O) groups is 3. The third-order valence-electron chi connectivity index (χ3n) is 5.49. The van der Waals surface area contributed by atoms with Crippen LogP contribution in [0.1, 0.15) is 16.7 Å². The van der Waals surface area contributed by atoms with E-state index >= 15 is 0 Å². The predicted octanol–water partition coefficient (Wildman–Crippen LogP) is 6.09. The Bertz CT molecular complexity index is 1360. The molecular weight excluding hydrogens is 512 g/mol. The molecule has 1 saturated heterocycles. The Morgan fingerprint density at radius 2 is 1.78 bits per heavy atom. The molecule has 0 bridgehead atoms. The zero-order valence-corrected chi connectivity index (χ0v) is 21.9. The average Bonchev–Trinajstić information content (AvgIpc) is 3.13. The Morgan fingerprint density at radius 3 is 2.54 bits per heavy atom. The van der Waals surface area contributed by atoms with Crippen LogP contribution in [0.15, 0.2) is 71.6 Å². The molecule has 1 aliphatic rings. The fourth-order valence-electron chi connectivity index (χ4n) is 3.63. The average molecular weight is 537 g/mol. The molecule has 3 amide bonds. The minimum Gasteiger partial charge on any atom is -0.492 e. The maximum atomic E-state index is 12.9. The highest BCUT2D eigenvalue weighted by molar-refractivity contribution is 8.18. The van der Waals surface area contributed by atoms with E-state index in [0.717, 1.165) is 33.5 Å². The Hall–Kier alpha value is -3.75. The van der Waals surface area contributed by atoms with Crippen LogP contribution in [0.25, 0.3) is 6.08 Å². The van der Waals surface area contributed by atoms with Crippen molar-refractivity contribution in [3.05, 3.63) is 93.3 Å². The van der Waals surface area contributed by atoms with Crippen molar-refractivity contribution in [2.45, 2.75) is 13.8 Å². The first-order chi connectivity index (χ1) is 17.8. The summed E-state index contributed by atoms with van der Waals surface area (Å²) < 4.78 is 11.4. The number of hydrogen-bond donors (Lipinski definition) is 1. The molecule has 37 heavy (non-hydrogen) atoms. The quantitative estimate of drug-likeness (QED) is 0.333. The second-order valence-corrected chi connectivity index (χ2v) is 9.76. The van der Waals surface area contributed by atoms with Crippen LogP contribution in [0.2, 0.25) is 5.02 Å². The fraction of sp³-hybridized carbons (Fsp3) is 0.179. The summed E-state index contributed by atoms with van der Waals surface area (Å²) in [7, 11) is 0. The Labute approximate surface area is 224 Å². The third kappa shape index (κ3) is 6.93. The van der Waals surface area contributed by atoms with Crippen molar-refractivity contribution in [2.75, 3.05) is 25.1 Å². The van der Waals surface area contributed by atoms with Crippen molar-refractivity contribution in [1.82, 2.24) is 4.90 Å². The van der Waals surface area contributed by atoms with Gasteiger partial charge in [-0.3, -0.25) is 19.3 Å². The van der Waals surface area contributed by atoms with Gasteiger partial charge >= 0.3 is 0 Å². The van der Waals surface area contributed by atoms with Crippen LogP contribution in [0.3, 0.4) is 0 Å². The number of para-hydroxylation sites is 1. The zero-order valence-electron chi connectivity index (χ0n) is 20.3. The lowest BCUT2D eigenvalue weighted by atomic mass is 10.1. The van der Waals surface area contributed by atoms with E-state index in [0.29, 0.717) is 22.1 Å². The number of anilines is 1. The number of ether oxygens (including phenoxy) is 2. The normalized spacial score (nSPS) is 14.2. The van der Waals surface area contributed by atoms with Crippen molar-refractivity contribution in [2.24, 2.45) is 0 Å². The fourth-order valence-corrected chi connectivity index (χ4v) is 4.62. The lowest BCUT2D eigenvalue weighted by Crippen LogP contribution is -2.32. The number of halogens is 1. The van der Waals surface area contributed by atoms with Crippen molar-refractivity contribution in [3.63, 3.8) is 0 Å². The van der Waals surface area contributed by atoms with Gasteiger partial charge in [-0.25, -0.2) is 0 Å². The van der Waals surface area contributed by atoms with E-state index in [9.17, 15) is 14.4 Å². The molecule has 9 heteroatoms. The topological polar surface area (TPSA) is 84.9 Å². The van der Waals surface area contributed by atoms with E-state index in [-0.39, 0.29) is 35.8 Å². The molecule has 190 valence electrons.